The maximum absolute atomic E-state index is 11.8. The molecule has 0 radical (unpaired) electrons. The molecule has 2 N–H and O–H groups in total. The fraction of sp³-hybridized carbons (Fsp3) is 0.429. The summed E-state index contributed by atoms with van der Waals surface area (Å²) in [4.78, 5) is 0. The molecule has 5 heteroatoms. The highest BCUT2D eigenvalue weighted by Crippen LogP contribution is 2.23. The third-order valence-electron chi connectivity index (χ3n) is 3.41. The quantitative estimate of drug-likeness (QED) is 0.911. The Labute approximate surface area is 114 Å². The highest BCUT2D eigenvalue weighted by atomic mass is 32.2. The molecular formula is C14H20N2O2S. The van der Waals surface area contributed by atoms with Crippen molar-refractivity contribution in [1.82, 2.24) is 4.57 Å². The number of nitrogens with zero attached hydrogens (tertiary/aromatic N) is 1. The molecule has 0 spiro atoms. The van der Waals surface area contributed by atoms with Crippen LogP contribution in [0.5, 0.6) is 0 Å². The summed E-state index contributed by atoms with van der Waals surface area (Å²) in [5.74, 6) is 0.274. The second-order valence-corrected chi connectivity index (χ2v) is 7.01. The summed E-state index contributed by atoms with van der Waals surface area (Å²) in [6.07, 6.45) is 0. The number of aromatic nitrogens is 1. The minimum Gasteiger partial charge on any atom is -0.344 e. The molecule has 0 fully saturated rings. The van der Waals surface area contributed by atoms with Crippen LogP contribution in [0.3, 0.4) is 0 Å². The van der Waals surface area contributed by atoms with Gasteiger partial charge in [-0.3, -0.25) is 0 Å². The van der Waals surface area contributed by atoms with Gasteiger partial charge in [0.1, 0.15) is 0 Å². The van der Waals surface area contributed by atoms with Gasteiger partial charge in [-0.15, -0.1) is 0 Å². The summed E-state index contributed by atoms with van der Waals surface area (Å²) in [5.41, 5.74) is 8.63. The first kappa shape index (κ1) is 14.1. The van der Waals surface area contributed by atoms with Crippen LogP contribution in [0.15, 0.2) is 24.3 Å². The van der Waals surface area contributed by atoms with E-state index in [4.69, 9.17) is 5.73 Å². The van der Waals surface area contributed by atoms with Crippen LogP contribution in [0.1, 0.15) is 25.1 Å². The second kappa shape index (κ2) is 5.35. The smallest absolute Gasteiger partial charge is 0.155 e. The zero-order valence-electron chi connectivity index (χ0n) is 11.4. The van der Waals surface area contributed by atoms with Crippen LogP contribution in [-0.2, 0) is 28.7 Å². The number of sulfone groups is 1. The molecule has 104 valence electrons. The van der Waals surface area contributed by atoms with Crippen LogP contribution in [0.25, 0.3) is 10.9 Å². The lowest BCUT2D eigenvalue weighted by molar-refractivity contribution is 0.594. The van der Waals surface area contributed by atoms with Crippen LogP contribution >= 0.6 is 0 Å². The van der Waals surface area contributed by atoms with Gasteiger partial charge in [0.05, 0.1) is 5.75 Å². The first-order valence-electron chi connectivity index (χ1n) is 6.52. The molecule has 0 amide bonds. The standard InChI is InChI=1S/C14H20N2O2S/c1-3-16-13(10-19(17,18)4-2)8-12-6-5-11(9-15)7-14(12)16/h5-8H,3-4,9-10,15H2,1-2H3. The molecule has 19 heavy (non-hydrogen) atoms. The molecule has 1 heterocycles. The van der Waals surface area contributed by atoms with E-state index >= 15 is 0 Å². The Bertz CT molecular complexity index is 687. The average molecular weight is 280 g/mol. The molecule has 0 atom stereocenters. The van der Waals surface area contributed by atoms with Gasteiger partial charge in [-0.2, -0.15) is 0 Å². The van der Waals surface area contributed by atoms with E-state index in [1.54, 1.807) is 6.92 Å². The van der Waals surface area contributed by atoms with Gasteiger partial charge in [0.25, 0.3) is 0 Å². The van der Waals surface area contributed by atoms with Gasteiger partial charge < -0.3 is 10.3 Å². The molecule has 0 saturated heterocycles. The topological polar surface area (TPSA) is 65.1 Å². The van der Waals surface area contributed by atoms with Crippen LogP contribution in [0.2, 0.25) is 0 Å². The Morgan fingerprint density at radius 2 is 1.95 bits per heavy atom. The van der Waals surface area contributed by atoms with Crippen LogP contribution < -0.4 is 5.73 Å². The second-order valence-electron chi connectivity index (χ2n) is 4.65. The molecule has 0 aliphatic rings. The fourth-order valence-electron chi connectivity index (χ4n) is 2.30. The lowest BCUT2D eigenvalue weighted by Gasteiger charge is -2.08. The summed E-state index contributed by atoms with van der Waals surface area (Å²) < 4.78 is 25.7. The van der Waals surface area contributed by atoms with Crippen molar-refractivity contribution in [2.75, 3.05) is 5.75 Å². The van der Waals surface area contributed by atoms with Crippen LogP contribution in [0, 0.1) is 0 Å². The van der Waals surface area contributed by atoms with Crippen molar-refractivity contribution in [1.29, 1.82) is 0 Å². The van der Waals surface area contributed by atoms with E-state index in [0.29, 0.717) is 6.54 Å². The highest BCUT2D eigenvalue weighted by molar-refractivity contribution is 7.90. The summed E-state index contributed by atoms with van der Waals surface area (Å²) in [6.45, 7) is 4.96. The van der Waals surface area contributed by atoms with Crippen molar-refractivity contribution >= 4 is 20.7 Å². The third kappa shape index (κ3) is 2.82. The number of hydrogen-bond donors (Lipinski definition) is 1. The lowest BCUT2D eigenvalue weighted by atomic mass is 10.1. The molecule has 1 aromatic carbocycles. The SMILES string of the molecule is CCn1c(CS(=O)(=O)CC)cc2ccc(CN)cc21. The number of fused-ring (bicyclic) bond motifs is 1. The largest absolute Gasteiger partial charge is 0.344 e. The van der Waals surface area contributed by atoms with E-state index in [1.807, 2.05) is 31.2 Å². The molecule has 0 aliphatic carbocycles. The van der Waals surface area contributed by atoms with Gasteiger partial charge in [-0.25, -0.2) is 8.42 Å². The maximum atomic E-state index is 11.8. The van der Waals surface area contributed by atoms with Crippen molar-refractivity contribution in [2.45, 2.75) is 32.7 Å². The van der Waals surface area contributed by atoms with Crippen molar-refractivity contribution in [2.24, 2.45) is 5.73 Å². The average Bonchev–Trinajstić information content (AvgIpc) is 2.73. The molecule has 4 nitrogen and oxygen atoms in total. The van der Waals surface area contributed by atoms with E-state index in [0.717, 1.165) is 28.7 Å². The van der Waals surface area contributed by atoms with Crippen molar-refractivity contribution in [3.05, 3.63) is 35.5 Å². The Morgan fingerprint density at radius 1 is 1.21 bits per heavy atom. The Hall–Kier alpha value is -1.33. The van der Waals surface area contributed by atoms with Gasteiger partial charge in [0, 0.05) is 30.1 Å². The number of nitrogens with two attached hydrogens (primary N) is 1. The van der Waals surface area contributed by atoms with Gasteiger partial charge in [0.2, 0.25) is 0 Å². The highest BCUT2D eigenvalue weighted by Gasteiger charge is 2.15. The molecule has 0 saturated carbocycles. The number of aryl methyl sites for hydroxylation is 1. The predicted molar refractivity (Wildman–Crippen MR) is 78.7 cm³/mol. The molecule has 0 unspecified atom stereocenters. The van der Waals surface area contributed by atoms with E-state index in [1.165, 1.54) is 0 Å². The molecular weight excluding hydrogens is 260 g/mol. The summed E-state index contributed by atoms with van der Waals surface area (Å²) in [7, 11) is -3.01. The molecule has 0 aliphatic heterocycles. The Morgan fingerprint density at radius 3 is 2.53 bits per heavy atom. The number of rotatable bonds is 5. The van der Waals surface area contributed by atoms with Crippen molar-refractivity contribution in [3.8, 4) is 0 Å². The Kier molecular flexibility index (Phi) is 3.96. The van der Waals surface area contributed by atoms with E-state index in [2.05, 4.69) is 4.57 Å². The lowest BCUT2D eigenvalue weighted by Crippen LogP contribution is -2.10. The molecule has 1 aromatic heterocycles. The molecule has 2 rings (SSSR count). The first-order valence-corrected chi connectivity index (χ1v) is 8.34. The van der Waals surface area contributed by atoms with Crippen LogP contribution in [-0.4, -0.2) is 18.7 Å². The van der Waals surface area contributed by atoms with Gasteiger partial charge >= 0.3 is 0 Å². The first-order chi connectivity index (χ1) is 9.00. The normalized spacial score (nSPS) is 12.2. The minimum atomic E-state index is -3.01. The van der Waals surface area contributed by atoms with Gasteiger partial charge in [0.15, 0.2) is 9.84 Å². The van der Waals surface area contributed by atoms with E-state index in [9.17, 15) is 8.42 Å². The van der Waals surface area contributed by atoms with E-state index in [-0.39, 0.29) is 11.5 Å². The van der Waals surface area contributed by atoms with Crippen LogP contribution in [0.4, 0.5) is 0 Å². The predicted octanol–water partition coefficient (Wildman–Crippen LogP) is 2.05. The maximum Gasteiger partial charge on any atom is 0.155 e. The van der Waals surface area contributed by atoms with Gasteiger partial charge in [-0.05, 0) is 30.0 Å². The molecule has 2 aromatic rings. The minimum absolute atomic E-state index is 0.101. The molecule has 0 bridgehead atoms. The van der Waals surface area contributed by atoms with Gasteiger partial charge in [-0.1, -0.05) is 19.1 Å². The zero-order chi connectivity index (χ0) is 14.0. The summed E-state index contributed by atoms with van der Waals surface area (Å²) >= 11 is 0. The monoisotopic (exact) mass is 280 g/mol. The fourth-order valence-corrected chi connectivity index (χ4v) is 3.20. The Balaban J connectivity index is 2.56. The van der Waals surface area contributed by atoms with Crippen molar-refractivity contribution < 1.29 is 8.42 Å². The zero-order valence-corrected chi connectivity index (χ0v) is 12.2. The summed E-state index contributed by atoms with van der Waals surface area (Å²) in [5, 5.41) is 1.07. The van der Waals surface area contributed by atoms with Crippen molar-refractivity contribution in [3.63, 3.8) is 0 Å². The number of hydrogen-bond acceptors (Lipinski definition) is 3. The third-order valence-corrected chi connectivity index (χ3v) is 5.03. The number of benzene rings is 1. The van der Waals surface area contributed by atoms with E-state index < -0.39 is 9.84 Å². The summed E-state index contributed by atoms with van der Waals surface area (Å²) in [6, 6.07) is 8.00.